The van der Waals surface area contributed by atoms with E-state index in [1.54, 1.807) is 0 Å². The van der Waals surface area contributed by atoms with Gasteiger partial charge in [-0.05, 0) is 65.6 Å². The van der Waals surface area contributed by atoms with Crippen molar-refractivity contribution in [3.63, 3.8) is 0 Å². The van der Waals surface area contributed by atoms with Gasteiger partial charge in [-0.25, -0.2) is 8.42 Å². The van der Waals surface area contributed by atoms with E-state index >= 15 is 0 Å². The highest BCUT2D eigenvalue weighted by Crippen LogP contribution is 2.22. The fraction of sp³-hybridized carbons (Fsp3) is 0.462. The molecule has 0 atom stereocenters. The summed E-state index contributed by atoms with van der Waals surface area (Å²) < 4.78 is 23.7. The molecule has 1 aromatic carbocycles. The Labute approximate surface area is 127 Å². The molecular formula is C13H16INO3S. The molecule has 1 amide bonds. The van der Waals surface area contributed by atoms with Crippen LogP contribution in [0.3, 0.4) is 0 Å². The third kappa shape index (κ3) is 4.76. The van der Waals surface area contributed by atoms with Crippen molar-refractivity contribution in [1.29, 1.82) is 0 Å². The molecule has 0 spiro atoms. The summed E-state index contributed by atoms with van der Waals surface area (Å²) in [6.45, 7) is 0. The first-order chi connectivity index (χ1) is 8.94. The molecule has 1 saturated heterocycles. The maximum absolute atomic E-state index is 11.9. The maximum Gasteiger partial charge on any atom is 0.224 e. The van der Waals surface area contributed by atoms with Gasteiger partial charge in [-0.15, -0.1) is 0 Å². The Bertz CT molecular complexity index is 540. The van der Waals surface area contributed by atoms with E-state index in [4.69, 9.17) is 0 Å². The van der Waals surface area contributed by atoms with Crippen molar-refractivity contribution in [1.82, 2.24) is 0 Å². The van der Waals surface area contributed by atoms with Crippen LogP contribution in [0.25, 0.3) is 0 Å². The van der Waals surface area contributed by atoms with Crippen molar-refractivity contribution in [2.45, 2.75) is 19.3 Å². The van der Waals surface area contributed by atoms with Crippen molar-refractivity contribution in [3.05, 3.63) is 27.8 Å². The van der Waals surface area contributed by atoms with Crippen LogP contribution < -0.4 is 5.32 Å². The number of carbonyl (C=O) groups is 1. The molecule has 104 valence electrons. The predicted molar refractivity (Wildman–Crippen MR) is 83.8 cm³/mol. The van der Waals surface area contributed by atoms with Gasteiger partial charge in [-0.1, -0.05) is 0 Å². The fourth-order valence-corrected chi connectivity index (χ4v) is 4.10. The van der Waals surface area contributed by atoms with Gasteiger partial charge >= 0.3 is 0 Å². The number of amides is 1. The van der Waals surface area contributed by atoms with Crippen molar-refractivity contribution >= 4 is 44.0 Å². The van der Waals surface area contributed by atoms with E-state index in [0.29, 0.717) is 19.3 Å². The van der Waals surface area contributed by atoms with Crippen molar-refractivity contribution in [3.8, 4) is 0 Å². The lowest BCUT2D eigenvalue weighted by atomic mass is 9.98. The van der Waals surface area contributed by atoms with Gasteiger partial charge in [0.15, 0.2) is 0 Å². The second kappa shape index (κ2) is 6.21. The zero-order valence-electron chi connectivity index (χ0n) is 10.4. The molecule has 4 nitrogen and oxygen atoms in total. The molecule has 1 aliphatic heterocycles. The van der Waals surface area contributed by atoms with E-state index in [0.717, 1.165) is 9.26 Å². The summed E-state index contributed by atoms with van der Waals surface area (Å²) in [5, 5.41) is 2.85. The minimum absolute atomic E-state index is 0.0366. The third-order valence-corrected chi connectivity index (χ3v) is 5.71. The molecular weight excluding hydrogens is 377 g/mol. The Balaban J connectivity index is 1.83. The lowest BCUT2D eigenvalue weighted by molar-refractivity contribution is -0.117. The highest BCUT2D eigenvalue weighted by atomic mass is 127. The van der Waals surface area contributed by atoms with Gasteiger partial charge in [-0.2, -0.15) is 0 Å². The molecule has 1 aliphatic rings. The van der Waals surface area contributed by atoms with Crippen molar-refractivity contribution < 1.29 is 13.2 Å². The monoisotopic (exact) mass is 393 g/mol. The summed E-state index contributed by atoms with van der Waals surface area (Å²) in [6.07, 6.45) is 1.60. The van der Waals surface area contributed by atoms with Gasteiger partial charge < -0.3 is 5.32 Å². The molecule has 1 fully saturated rings. The van der Waals surface area contributed by atoms with Crippen LogP contribution >= 0.6 is 22.6 Å². The van der Waals surface area contributed by atoms with Crippen LogP contribution in [0.1, 0.15) is 19.3 Å². The minimum atomic E-state index is -2.85. The van der Waals surface area contributed by atoms with E-state index < -0.39 is 9.84 Å². The molecule has 2 rings (SSSR count). The van der Waals surface area contributed by atoms with Crippen LogP contribution in [0.4, 0.5) is 5.69 Å². The van der Waals surface area contributed by atoms with Crippen molar-refractivity contribution in [2.75, 3.05) is 16.8 Å². The normalized spacial score (nSPS) is 19.0. The van der Waals surface area contributed by atoms with E-state index in [9.17, 15) is 13.2 Å². The smallest absolute Gasteiger partial charge is 0.224 e. The summed E-state index contributed by atoms with van der Waals surface area (Å²) in [4.78, 5) is 11.9. The topological polar surface area (TPSA) is 63.2 Å². The molecule has 1 N–H and O–H groups in total. The second-order valence-electron chi connectivity index (χ2n) is 4.85. The van der Waals surface area contributed by atoms with Crippen molar-refractivity contribution in [2.24, 2.45) is 5.92 Å². The number of hydrogen-bond donors (Lipinski definition) is 1. The molecule has 6 heteroatoms. The third-order valence-electron chi connectivity index (χ3n) is 3.28. The first-order valence-corrected chi connectivity index (χ1v) is 9.10. The number of sulfone groups is 1. The molecule has 1 heterocycles. The van der Waals surface area contributed by atoms with Gasteiger partial charge in [0.2, 0.25) is 5.91 Å². The number of anilines is 1. The van der Waals surface area contributed by atoms with Gasteiger partial charge in [-0.3, -0.25) is 4.79 Å². The Morgan fingerprint density at radius 2 is 1.79 bits per heavy atom. The first kappa shape index (κ1) is 14.8. The van der Waals surface area contributed by atoms with Gasteiger partial charge in [0, 0.05) is 15.7 Å². The van der Waals surface area contributed by atoms with Crippen LogP contribution in [-0.4, -0.2) is 25.8 Å². The summed E-state index contributed by atoms with van der Waals surface area (Å²) in [6, 6.07) is 7.60. The van der Waals surface area contributed by atoms with E-state index in [1.165, 1.54) is 0 Å². The SMILES string of the molecule is O=C(CC1CCS(=O)(=O)CC1)Nc1ccc(I)cc1. The molecule has 0 unspecified atom stereocenters. The van der Waals surface area contributed by atoms with Gasteiger partial charge in [0.25, 0.3) is 0 Å². The molecule has 0 aliphatic carbocycles. The average molecular weight is 393 g/mol. The first-order valence-electron chi connectivity index (χ1n) is 6.20. The van der Waals surface area contributed by atoms with Crippen LogP contribution in [0, 0.1) is 9.49 Å². The van der Waals surface area contributed by atoms with Gasteiger partial charge in [0.05, 0.1) is 11.5 Å². The van der Waals surface area contributed by atoms with Crippen LogP contribution in [0.5, 0.6) is 0 Å². The van der Waals surface area contributed by atoms with Crippen LogP contribution in [0.2, 0.25) is 0 Å². The molecule has 19 heavy (non-hydrogen) atoms. The summed E-state index contributed by atoms with van der Waals surface area (Å²) in [5.41, 5.74) is 0.786. The maximum atomic E-state index is 11.9. The Hall–Kier alpha value is -0.630. The molecule has 0 saturated carbocycles. The molecule has 0 radical (unpaired) electrons. The number of hydrogen-bond acceptors (Lipinski definition) is 3. The summed E-state index contributed by atoms with van der Waals surface area (Å²) in [5.74, 6) is 0.584. The largest absolute Gasteiger partial charge is 0.326 e. The Morgan fingerprint density at radius 3 is 2.37 bits per heavy atom. The molecule has 0 aromatic heterocycles. The summed E-state index contributed by atoms with van der Waals surface area (Å²) in [7, 11) is -2.85. The summed E-state index contributed by atoms with van der Waals surface area (Å²) >= 11 is 2.21. The van der Waals surface area contributed by atoms with E-state index in [1.807, 2.05) is 24.3 Å². The number of halogens is 1. The lowest BCUT2D eigenvalue weighted by Crippen LogP contribution is -2.26. The zero-order chi connectivity index (χ0) is 13.9. The van der Waals surface area contributed by atoms with Crippen LogP contribution in [-0.2, 0) is 14.6 Å². The Kier molecular flexibility index (Phi) is 4.83. The minimum Gasteiger partial charge on any atom is -0.326 e. The number of benzene rings is 1. The average Bonchev–Trinajstić information content (AvgIpc) is 2.35. The zero-order valence-corrected chi connectivity index (χ0v) is 13.4. The number of carbonyl (C=O) groups excluding carboxylic acids is 1. The molecule has 1 aromatic rings. The van der Waals surface area contributed by atoms with Crippen LogP contribution in [0.15, 0.2) is 24.3 Å². The lowest BCUT2D eigenvalue weighted by Gasteiger charge is -2.21. The van der Waals surface area contributed by atoms with Gasteiger partial charge in [0.1, 0.15) is 9.84 Å². The highest BCUT2D eigenvalue weighted by molar-refractivity contribution is 14.1. The van der Waals surface area contributed by atoms with E-state index in [2.05, 4.69) is 27.9 Å². The fourth-order valence-electron chi connectivity index (χ4n) is 2.15. The quantitative estimate of drug-likeness (QED) is 0.803. The molecule has 0 bridgehead atoms. The predicted octanol–water partition coefficient (Wildman–Crippen LogP) is 2.44. The number of rotatable bonds is 3. The second-order valence-corrected chi connectivity index (χ2v) is 8.40. The number of nitrogens with one attached hydrogen (secondary N) is 1. The Morgan fingerprint density at radius 1 is 1.21 bits per heavy atom. The van der Waals surface area contributed by atoms with E-state index in [-0.39, 0.29) is 23.3 Å². The standard InChI is InChI=1S/C13H16INO3S/c14-11-1-3-12(4-2-11)15-13(16)9-10-5-7-19(17,18)8-6-10/h1-4,10H,5-9H2,(H,15,16). The highest BCUT2D eigenvalue weighted by Gasteiger charge is 2.25.